The predicted octanol–water partition coefficient (Wildman–Crippen LogP) is 6.61. The van der Waals surface area contributed by atoms with E-state index in [-0.39, 0.29) is 0 Å². The van der Waals surface area contributed by atoms with Crippen LogP contribution in [0.3, 0.4) is 0 Å². The molecule has 2 aromatic heterocycles. The van der Waals surface area contributed by atoms with Gasteiger partial charge in [-0.3, -0.25) is 4.79 Å². The summed E-state index contributed by atoms with van der Waals surface area (Å²) in [5.41, 5.74) is 10.8. The molecule has 0 saturated carbocycles. The number of hydrogen-bond donors (Lipinski definition) is 2. The Balaban J connectivity index is 0.000000207. The maximum Gasteiger partial charge on any atom is 0.162 e. The zero-order valence-electron chi connectivity index (χ0n) is 18.9. The molecule has 2 heterocycles. The molecule has 0 saturated heterocycles. The minimum Gasteiger partial charge on any atom is -0.497 e. The summed E-state index contributed by atoms with van der Waals surface area (Å²) in [4.78, 5) is 16.8. The van der Waals surface area contributed by atoms with Crippen LogP contribution in [-0.2, 0) is 0 Å². The molecule has 0 aliphatic heterocycles. The summed E-state index contributed by atoms with van der Waals surface area (Å²) in [5.74, 6) is 1.46. The van der Waals surface area contributed by atoms with Crippen LogP contribution in [-0.4, -0.2) is 25.4 Å². The molecule has 0 amide bonds. The van der Waals surface area contributed by atoms with Gasteiger partial charge in [0.05, 0.1) is 23.4 Å². The van der Waals surface area contributed by atoms with Crippen molar-refractivity contribution in [2.45, 2.75) is 26.2 Å². The number of nitrogens with zero attached hydrogens (tertiary/aromatic N) is 1. The van der Waals surface area contributed by atoms with E-state index in [1.54, 1.807) is 7.11 Å². The Morgan fingerprint density at radius 3 is 2.53 bits per heavy atom. The van der Waals surface area contributed by atoms with Crippen LogP contribution >= 0.6 is 11.3 Å². The van der Waals surface area contributed by atoms with Gasteiger partial charge in [-0.1, -0.05) is 38.1 Å². The fraction of sp³-hybridized carbons (Fsp3) is 0.231. The molecule has 32 heavy (non-hydrogen) atoms. The third-order valence-corrected chi connectivity index (χ3v) is 6.52. The van der Waals surface area contributed by atoms with Crippen LogP contribution in [0.5, 0.6) is 5.75 Å². The van der Waals surface area contributed by atoms with Crippen molar-refractivity contribution in [3.8, 4) is 17.0 Å². The third-order valence-electron chi connectivity index (χ3n) is 5.48. The first kappa shape index (κ1) is 23.3. The molecule has 0 fully saturated rings. The van der Waals surface area contributed by atoms with Crippen LogP contribution in [0.1, 0.15) is 41.4 Å². The highest BCUT2D eigenvalue weighted by Crippen LogP contribution is 2.33. The lowest BCUT2D eigenvalue weighted by Crippen LogP contribution is -1.92. The normalized spacial score (nSPS) is 11.4. The molecule has 5 nitrogen and oxygen atoms in total. The number of rotatable bonds is 6. The summed E-state index contributed by atoms with van der Waals surface area (Å²) in [6.45, 7) is 4.48. The second kappa shape index (κ2) is 10.8. The minimum absolute atomic E-state index is 0.504. The second-order valence-corrected chi connectivity index (χ2v) is 8.49. The monoisotopic (exact) mass is 447 g/mol. The fourth-order valence-corrected chi connectivity index (χ4v) is 4.17. The summed E-state index contributed by atoms with van der Waals surface area (Å²) < 4.78 is 5.21. The zero-order valence-corrected chi connectivity index (χ0v) is 19.7. The maximum absolute atomic E-state index is 10.9. The Morgan fingerprint density at radius 1 is 1.16 bits per heavy atom. The average molecular weight is 448 g/mol. The van der Waals surface area contributed by atoms with Crippen molar-refractivity contribution in [3.63, 3.8) is 0 Å². The topological polar surface area (TPSA) is 77.2 Å². The standard InChI is InChI=1S/C15H12N2O2S.C11H17N/c1-19-10-4-2-3-9(7-10)12-6-5-11-14(16)13(8-18)20-15(11)17-12;1-4-9(2)10-5-7-11(12-3)8-6-10/h2-8H,16H2,1H3;5-9,12H,4H2,1-3H3. The van der Waals surface area contributed by atoms with Crippen molar-refractivity contribution >= 4 is 39.2 Å². The summed E-state index contributed by atoms with van der Waals surface area (Å²) in [5, 5.41) is 3.93. The summed E-state index contributed by atoms with van der Waals surface area (Å²) in [6.07, 6.45) is 1.98. The number of fused-ring (bicyclic) bond motifs is 1. The van der Waals surface area contributed by atoms with E-state index in [1.807, 2.05) is 43.4 Å². The van der Waals surface area contributed by atoms with Gasteiger partial charge in [-0.25, -0.2) is 4.98 Å². The number of benzene rings is 2. The van der Waals surface area contributed by atoms with Crippen LogP contribution in [0.15, 0.2) is 60.7 Å². The van der Waals surface area contributed by atoms with E-state index in [9.17, 15) is 4.79 Å². The molecule has 4 aromatic rings. The Bertz CT molecular complexity index is 1190. The number of carbonyl (C=O) groups excluding carboxylic acids is 1. The highest BCUT2D eigenvalue weighted by molar-refractivity contribution is 7.20. The van der Waals surface area contributed by atoms with Gasteiger partial charge in [0.1, 0.15) is 10.6 Å². The third kappa shape index (κ3) is 5.26. The van der Waals surface area contributed by atoms with Gasteiger partial charge in [0.15, 0.2) is 6.29 Å². The Morgan fingerprint density at radius 2 is 1.91 bits per heavy atom. The van der Waals surface area contributed by atoms with Crippen molar-refractivity contribution in [2.24, 2.45) is 0 Å². The Hall–Kier alpha value is -3.38. The fourth-order valence-electron chi connectivity index (χ4n) is 3.26. The number of thiophene rings is 1. The molecule has 0 radical (unpaired) electrons. The predicted molar refractivity (Wildman–Crippen MR) is 136 cm³/mol. The zero-order chi connectivity index (χ0) is 23.1. The van der Waals surface area contributed by atoms with E-state index in [2.05, 4.69) is 48.4 Å². The van der Waals surface area contributed by atoms with Gasteiger partial charge in [0.2, 0.25) is 0 Å². The highest BCUT2D eigenvalue weighted by Gasteiger charge is 2.11. The largest absolute Gasteiger partial charge is 0.497 e. The van der Waals surface area contributed by atoms with Gasteiger partial charge in [-0.15, -0.1) is 11.3 Å². The van der Waals surface area contributed by atoms with Gasteiger partial charge < -0.3 is 15.8 Å². The lowest BCUT2D eigenvalue weighted by Gasteiger charge is -2.09. The van der Waals surface area contributed by atoms with Gasteiger partial charge in [-0.2, -0.15) is 0 Å². The molecule has 4 rings (SSSR count). The number of hydrogen-bond acceptors (Lipinski definition) is 6. The summed E-state index contributed by atoms with van der Waals surface area (Å²) in [7, 11) is 3.57. The van der Waals surface area contributed by atoms with Crippen molar-refractivity contribution in [1.29, 1.82) is 0 Å². The maximum atomic E-state index is 10.9. The molecule has 0 bridgehead atoms. The molecule has 1 atom stereocenters. The van der Waals surface area contributed by atoms with Crippen molar-refractivity contribution in [3.05, 3.63) is 71.1 Å². The molecule has 2 aromatic carbocycles. The molecule has 166 valence electrons. The first-order valence-electron chi connectivity index (χ1n) is 10.6. The van der Waals surface area contributed by atoms with Crippen molar-refractivity contribution < 1.29 is 9.53 Å². The van der Waals surface area contributed by atoms with Gasteiger partial charge in [0, 0.05) is 23.7 Å². The molecule has 3 N–H and O–H groups in total. The number of aldehydes is 1. The van der Waals surface area contributed by atoms with Crippen LogP contribution in [0, 0.1) is 0 Å². The van der Waals surface area contributed by atoms with Crippen LogP contribution in [0.25, 0.3) is 21.5 Å². The number of nitrogens with one attached hydrogen (secondary N) is 1. The first-order chi connectivity index (χ1) is 15.5. The number of aromatic nitrogens is 1. The van der Waals surface area contributed by atoms with Gasteiger partial charge in [0.25, 0.3) is 0 Å². The highest BCUT2D eigenvalue weighted by atomic mass is 32.1. The Labute approximate surface area is 193 Å². The quantitative estimate of drug-likeness (QED) is 0.325. The van der Waals surface area contributed by atoms with Crippen LogP contribution in [0.2, 0.25) is 0 Å². The van der Waals surface area contributed by atoms with Crippen molar-refractivity contribution in [2.75, 3.05) is 25.2 Å². The summed E-state index contributed by atoms with van der Waals surface area (Å²) >= 11 is 1.31. The van der Waals surface area contributed by atoms with E-state index in [0.717, 1.165) is 33.5 Å². The molecule has 0 aliphatic carbocycles. The number of nitrogen functional groups attached to an aromatic ring is 1. The molecule has 0 aliphatic rings. The smallest absolute Gasteiger partial charge is 0.162 e. The number of nitrogens with two attached hydrogens (primary N) is 1. The molecular formula is C26H29N3O2S. The van der Waals surface area contributed by atoms with E-state index >= 15 is 0 Å². The van der Waals surface area contributed by atoms with E-state index in [4.69, 9.17) is 10.5 Å². The molecule has 6 heteroatoms. The average Bonchev–Trinajstić information content (AvgIpc) is 3.18. The molecule has 1 unspecified atom stereocenters. The van der Waals surface area contributed by atoms with E-state index in [0.29, 0.717) is 16.5 Å². The number of ether oxygens (including phenoxy) is 1. The van der Waals surface area contributed by atoms with Gasteiger partial charge >= 0.3 is 0 Å². The summed E-state index contributed by atoms with van der Waals surface area (Å²) in [6, 6.07) is 20.1. The van der Waals surface area contributed by atoms with Crippen LogP contribution in [0.4, 0.5) is 11.4 Å². The van der Waals surface area contributed by atoms with E-state index < -0.39 is 0 Å². The van der Waals surface area contributed by atoms with Crippen molar-refractivity contribution in [1.82, 2.24) is 4.98 Å². The first-order valence-corrected chi connectivity index (χ1v) is 11.4. The van der Waals surface area contributed by atoms with Crippen LogP contribution < -0.4 is 15.8 Å². The van der Waals surface area contributed by atoms with E-state index in [1.165, 1.54) is 29.0 Å². The lowest BCUT2D eigenvalue weighted by molar-refractivity contribution is 0.112. The lowest BCUT2D eigenvalue weighted by atomic mass is 9.99. The number of carbonyl (C=O) groups is 1. The van der Waals surface area contributed by atoms with Gasteiger partial charge in [-0.05, 0) is 54.3 Å². The number of methoxy groups -OCH3 is 1. The minimum atomic E-state index is 0.504. The Kier molecular flexibility index (Phi) is 7.84. The SMILES string of the molecule is CCC(C)c1ccc(NC)cc1.COc1cccc(-c2ccc3c(N)c(C=O)sc3n2)c1. The number of pyridine rings is 1. The second-order valence-electron chi connectivity index (χ2n) is 7.46. The molecular weight excluding hydrogens is 418 g/mol. The molecule has 0 spiro atoms. The number of anilines is 2.